The van der Waals surface area contributed by atoms with Gasteiger partial charge in [-0.05, 0) is 0 Å². The minimum Gasteiger partial charge on any atom is -0.493 e. The third kappa shape index (κ3) is 1.17. The highest BCUT2D eigenvalue weighted by Gasteiger charge is 2.36. The monoisotopic (exact) mass is 242 g/mol. The van der Waals surface area contributed by atoms with E-state index in [1.165, 1.54) is 11.1 Å². The zero-order valence-corrected chi connectivity index (χ0v) is 10.1. The van der Waals surface area contributed by atoms with Gasteiger partial charge >= 0.3 is 0 Å². The first-order valence-corrected chi connectivity index (χ1v) is 6.48. The summed E-state index contributed by atoms with van der Waals surface area (Å²) < 4.78 is 11.5. The summed E-state index contributed by atoms with van der Waals surface area (Å²) in [5.74, 6) is 2.35. The van der Waals surface area contributed by atoms with E-state index in [0.29, 0.717) is 24.7 Å². The SMILES string of the molecule is N#Cc1c2c(c(C3CNC3)c3c1OCC3)OCC2. The Kier molecular flexibility index (Phi) is 2.06. The van der Waals surface area contributed by atoms with Gasteiger partial charge in [-0.2, -0.15) is 5.26 Å². The predicted octanol–water partition coefficient (Wildman–Crippen LogP) is 1.11. The fourth-order valence-electron chi connectivity index (χ4n) is 3.19. The summed E-state index contributed by atoms with van der Waals surface area (Å²) in [7, 11) is 0. The first-order chi connectivity index (χ1) is 8.90. The molecule has 0 unspecified atom stereocenters. The van der Waals surface area contributed by atoms with Gasteiger partial charge in [0.05, 0.1) is 13.2 Å². The molecule has 3 aliphatic rings. The van der Waals surface area contributed by atoms with Gasteiger partial charge in [-0.1, -0.05) is 0 Å². The summed E-state index contributed by atoms with van der Waals surface area (Å²) in [4.78, 5) is 0. The number of nitrogens with one attached hydrogen (secondary N) is 1. The topological polar surface area (TPSA) is 54.3 Å². The molecular weight excluding hydrogens is 228 g/mol. The van der Waals surface area contributed by atoms with Crippen molar-refractivity contribution >= 4 is 0 Å². The lowest BCUT2D eigenvalue weighted by molar-refractivity contribution is 0.342. The maximum Gasteiger partial charge on any atom is 0.141 e. The van der Waals surface area contributed by atoms with Crippen molar-refractivity contribution in [2.24, 2.45) is 0 Å². The molecule has 1 fully saturated rings. The smallest absolute Gasteiger partial charge is 0.141 e. The molecular formula is C14H14N2O2. The number of ether oxygens (including phenoxy) is 2. The second-order valence-corrected chi connectivity index (χ2v) is 5.07. The van der Waals surface area contributed by atoms with Crippen molar-refractivity contribution in [3.05, 3.63) is 22.3 Å². The van der Waals surface area contributed by atoms with E-state index in [0.717, 1.165) is 43.0 Å². The van der Waals surface area contributed by atoms with Gasteiger partial charge in [0, 0.05) is 48.5 Å². The van der Waals surface area contributed by atoms with Crippen LogP contribution in [0.2, 0.25) is 0 Å². The minimum atomic E-state index is 0.528. The molecule has 4 heteroatoms. The Morgan fingerprint density at radius 3 is 2.44 bits per heavy atom. The second kappa shape index (κ2) is 3.63. The van der Waals surface area contributed by atoms with Crippen LogP contribution in [0.25, 0.3) is 0 Å². The molecule has 3 aliphatic heterocycles. The number of hydrogen-bond donors (Lipinski definition) is 1. The molecule has 0 saturated carbocycles. The van der Waals surface area contributed by atoms with Crippen LogP contribution in [0.5, 0.6) is 11.5 Å². The maximum absolute atomic E-state index is 9.37. The van der Waals surface area contributed by atoms with Gasteiger partial charge in [0.1, 0.15) is 23.1 Å². The Balaban J connectivity index is 2.00. The van der Waals surface area contributed by atoms with Crippen LogP contribution in [0.1, 0.15) is 28.2 Å². The van der Waals surface area contributed by atoms with Crippen molar-refractivity contribution < 1.29 is 9.47 Å². The average Bonchev–Trinajstić information content (AvgIpc) is 2.93. The van der Waals surface area contributed by atoms with Crippen molar-refractivity contribution in [2.75, 3.05) is 26.3 Å². The molecule has 0 aromatic heterocycles. The highest BCUT2D eigenvalue weighted by molar-refractivity contribution is 5.67. The number of hydrogen-bond acceptors (Lipinski definition) is 4. The lowest BCUT2D eigenvalue weighted by Crippen LogP contribution is -2.40. The minimum absolute atomic E-state index is 0.528. The molecule has 0 aliphatic carbocycles. The normalized spacial score (nSPS) is 20.4. The summed E-state index contributed by atoms with van der Waals surface area (Å²) in [5, 5.41) is 12.7. The summed E-state index contributed by atoms with van der Waals surface area (Å²) in [6, 6.07) is 2.31. The highest BCUT2D eigenvalue weighted by atomic mass is 16.5. The van der Waals surface area contributed by atoms with Gasteiger partial charge < -0.3 is 14.8 Å². The van der Waals surface area contributed by atoms with Crippen molar-refractivity contribution in [3.63, 3.8) is 0 Å². The van der Waals surface area contributed by atoms with Gasteiger partial charge in [0.2, 0.25) is 0 Å². The van der Waals surface area contributed by atoms with Gasteiger partial charge in [-0.25, -0.2) is 0 Å². The van der Waals surface area contributed by atoms with Crippen LogP contribution in [-0.2, 0) is 12.8 Å². The Morgan fingerprint density at radius 1 is 1.06 bits per heavy atom. The van der Waals surface area contributed by atoms with E-state index < -0.39 is 0 Å². The molecule has 1 saturated heterocycles. The van der Waals surface area contributed by atoms with E-state index in [9.17, 15) is 5.26 Å². The summed E-state index contributed by atoms with van der Waals surface area (Å²) >= 11 is 0. The van der Waals surface area contributed by atoms with Crippen molar-refractivity contribution in [1.82, 2.24) is 5.32 Å². The zero-order valence-electron chi connectivity index (χ0n) is 10.1. The molecule has 1 N–H and O–H groups in total. The molecule has 0 spiro atoms. The molecule has 0 radical (unpaired) electrons. The molecule has 0 atom stereocenters. The second-order valence-electron chi connectivity index (χ2n) is 5.07. The Labute approximate surface area is 106 Å². The molecule has 4 nitrogen and oxygen atoms in total. The number of nitrogens with zero attached hydrogens (tertiary/aromatic N) is 1. The molecule has 3 heterocycles. The fourth-order valence-corrected chi connectivity index (χ4v) is 3.19. The van der Waals surface area contributed by atoms with Crippen LogP contribution in [0.15, 0.2) is 0 Å². The number of benzene rings is 1. The Morgan fingerprint density at radius 2 is 1.78 bits per heavy atom. The van der Waals surface area contributed by atoms with Crippen LogP contribution < -0.4 is 14.8 Å². The van der Waals surface area contributed by atoms with Crippen LogP contribution >= 0.6 is 0 Å². The molecule has 0 amide bonds. The van der Waals surface area contributed by atoms with E-state index in [4.69, 9.17) is 9.47 Å². The molecule has 18 heavy (non-hydrogen) atoms. The maximum atomic E-state index is 9.37. The molecule has 1 aromatic rings. The number of rotatable bonds is 1. The van der Waals surface area contributed by atoms with Gasteiger partial charge in [-0.3, -0.25) is 0 Å². The molecule has 4 rings (SSSR count). The van der Waals surface area contributed by atoms with Gasteiger partial charge in [-0.15, -0.1) is 0 Å². The van der Waals surface area contributed by atoms with E-state index in [-0.39, 0.29) is 0 Å². The largest absolute Gasteiger partial charge is 0.493 e. The Hall–Kier alpha value is -1.73. The van der Waals surface area contributed by atoms with E-state index in [2.05, 4.69) is 11.4 Å². The lowest BCUT2D eigenvalue weighted by atomic mass is 9.84. The summed E-state index contributed by atoms with van der Waals surface area (Å²) in [6.45, 7) is 3.41. The van der Waals surface area contributed by atoms with Crippen molar-refractivity contribution in [3.8, 4) is 17.6 Å². The molecule has 92 valence electrons. The highest BCUT2D eigenvalue weighted by Crippen LogP contribution is 2.47. The number of fused-ring (bicyclic) bond motifs is 2. The van der Waals surface area contributed by atoms with E-state index in [1.54, 1.807) is 0 Å². The van der Waals surface area contributed by atoms with Gasteiger partial charge in [0.25, 0.3) is 0 Å². The first kappa shape index (κ1) is 10.2. The van der Waals surface area contributed by atoms with Crippen molar-refractivity contribution in [1.29, 1.82) is 5.26 Å². The fraction of sp³-hybridized carbons (Fsp3) is 0.500. The zero-order chi connectivity index (χ0) is 12.1. The molecule has 0 bridgehead atoms. The Bertz CT molecular complexity index is 535. The lowest BCUT2D eigenvalue weighted by Gasteiger charge is -2.30. The van der Waals surface area contributed by atoms with E-state index in [1.807, 2.05) is 0 Å². The average molecular weight is 242 g/mol. The molecule has 1 aromatic carbocycles. The van der Waals surface area contributed by atoms with Crippen LogP contribution in [-0.4, -0.2) is 26.3 Å². The first-order valence-electron chi connectivity index (χ1n) is 6.48. The van der Waals surface area contributed by atoms with Crippen molar-refractivity contribution in [2.45, 2.75) is 18.8 Å². The summed E-state index contributed by atoms with van der Waals surface area (Å²) in [5.41, 5.74) is 4.32. The van der Waals surface area contributed by atoms with Crippen LogP contribution in [0.4, 0.5) is 0 Å². The standard InChI is InChI=1S/C14H14N2O2/c15-5-11-9-1-3-18-14(9)12(8-6-16-7-8)10-2-4-17-13(10)11/h8,16H,1-4,6-7H2. The quantitative estimate of drug-likeness (QED) is 0.801. The predicted molar refractivity (Wildman–Crippen MR) is 65.2 cm³/mol. The number of nitriles is 1. The van der Waals surface area contributed by atoms with E-state index >= 15 is 0 Å². The summed E-state index contributed by atoms with van der Waals surface area (Å²) in [6.07, 6.45) is 1.74. The van der Waals surface area contributed by atoms with Crippen LogP contribution in [0.3, 0.4) is 0 Å². The van der Waals surface area contributed by atoms with Crippen LogP contribution in [0, 0.1) is 11.3 Å². The third-order valence-corrected chi connectivity index (χ3v) is 4.15. The van der Waals surface area contributed by atoms with Gasteiger partial charge in [0.15, 0.2) is 0 Å². The third-order valence-electron chi connectivity index (χ3n) is 4.15.